The molecule has 2 rings (SSSR count). The van der Waals surface area contributed by atoms with Gasteiger partial charge in [-0.25, -0.2) is 9.59 Å². The number of rotatable bonds is 5. The summed E-state index contributed by atoms with van der Waals surface area (Å²) in [4.78, 5) is 28.6. The van der Waals surface area contributed by atoms with Gasteiger partial charge in [-0.2, -0.15) is 0 Å². The van der Waals surface area contributed by atoms with Crippen molar-refractivity contribution < 1.29 is 19.1 Å². The largest absolute Gasteiger partial charge is 0.464 e. The average molecular weight is 344 g/mol. The van der Waals surface area contributed by atoms with E-state index in [1.165, 1.54) is 0 Å². The highest BCUT2D eigenvalue weighted by Crippen LogP contribution is 2.15. The highest BCUT2D eigenvalue weighted by molar-refractivity contribution is 5.82. The Balaban J connectivity index is 2.16. The van der Waals surface area contributed by atoms with E-state index in [1.54, 1.807) is 33.9 Å². The quantitative estimate of drug-likeness (QED) is 0.843. The van der Waals surface area contributed by atoms with Gasteiger partial charge in [0.25, 0.3) is 0 Å². The van der Waals surface area contributed by atoms with Gasteiger partial charge in [-0.1, -0.05) is 18.2 Å². The van der Waals surface area contributed by atoms with Gasteiger partial charge >= 0.3 is 12.1 Å². The van der Waals surface area contributed by atoms with Crippen molar-refractivity contribution >= 4 is 23.0 Å². The van der Waals surface area contributed by atoms with Gasteiger partial charge in [-0.15, -0.1) is 0 Å². The van der Waals surface area contributed by atoms with Crippen molar-refractivity contribution in [1.29, 1.82) is 0 Å². The number of carbonyl (C=O) groups is 2. The molecule has 1 heterocycles. The Labute approximate surface area is 147 Å². The monoisotopic (exact) mass is 344 g/mol. The van der Waals surface area contributed by atoms with E-state index in [-0.39, 0.29) is 13.0 Å². The second-order valence-corrected chi connectivity index (χ2v) is 6.69. The molecule has 1 amide bonds. The topological polar surface area (TPSA) is 77.5 Å². The van der Waals surface area contributed by atoms with Crippen LogP contribution in [0.25, 0.3) is 10.9 Å². The zero-order chi connectivity index (χ0) is 18.4. The first-order chi connectivity index (χ1) is 11.8. The molecule has 0 bridgehead atoms. The number of aromatic nitrogens is 1. The lowest BCUT2D eigenvalue weighted by atomic mass is 10.1. The van der Waals surface area contributed by atoms with Crippen LogP contribution in [0.3, 0.4) is 0 Å². The van der Waals surface area contributed by atoms with Crippen LogP contribution in [0.1, 0.15) is 33.3 Å². The molecule has 0 unspecified atom stereocenters. The molecule has 1 aromatic carbocycles. The number of esters is 1. The van der Waals surface area contributed by atoms with E-state index >= 15 is 0 Å². The molecule has 1 aromatic heterocycles. The number of benzene rings is 1. The molecule has 1 atom stereocenters. The number of amides is 1. The maximum absolute atomic E-state index is 12.2. The average Bonchev–Trinajstić information content (AvgIpc) is 2.52. The predicted molar refractivity (Wildman–Crippen MR) is 95.2 cm³/mol. The van der Waals surface area contributed by atoms with Crippen LogP contribution in [-0.4, -0.2) is 35.3 Å². The molecule has 0 aliphatic heterocycles. The summed E-state index contributed by atoms with van der Waals surface area (Å²) >= 11 is 0. The van der Waals surface area contributed by atoms with Gasteiger partial charge < -0.3 is 14.8 Å². The SMILES string of the molecule is CCOC(=O)[C@H](Cc1cnc2ccccc2c1)NC(=O)OC(C)(C)C. The van der Waals surface area contributed by atoms with Crippen molar-refractivity contribution in [1.82, 2.24) is 10.3 Å². The summed E-state index contributed by atoms with van der Waals surface area (Å²) in [6.07, 6.45) is 1.32. The minimum atomic E-state index is -0.835. The van der Waals surface area contributed by atoms with Gasteiger partial charge in [-0.05, 0) is 45.4 Å². The van der Waals surface area contributed by atoms with Gasteiger partial charge in [0.15, 0.2) is 0 Å². The Bertz CT molecular complexity index is 752. The van der Waals surface area contributed by atoms with Gasteiger partial charge in [0.2, 0.25) is 0 Å². The molecule has 25 heavy (non-hydrogen) atoms. The Kier molecular flexibility index (Phi) is 5.96. The van der Waals surface area contributed by atoms with Gasteiger partial charge in [-0.3, -0.25) is 4.98 Å². The van der Waals surface area contributed by atoms with Gasteiger partial charge in [0, 0.05) is 18.0 Å². The summed E-state index contributed by atoms with van der Waals surface area (Å²) < 4.78 is 10.3. The fraction of sp³-hybridized carbons (Fsp3) is 0.421. The molecule has 0 saturated heterocycles. The molecular formula is C19H24N2O4. The number of pyridine rings is 1. The van der Waals surface area contributed by atoms with Crippen LogP contribution in [0.2, 0.25) is 0 Å². The molecule has 0 fully saturated rings. The molecule has 6 nitrogen and oxygen atoms in total. The minimum absolute atomic E-state index is 0.237. The fourth-order valence-corrected chi connectivity index (χ4v) is 2.35. The molecular weight excluding hydrogens is 320 g/mol. The summed E-state index contributed by atoms with van der Waals surface area (Å²) in [5.41, 5.74) is 1.06. The first kappa shape index (κ1) is 18.7. The van der Waals surface area contributed by atoms with Crippen molar-refractivity contribution in [2.45, 2.75) is 45.8 Å². The Morgan fingerprint density at radius 2 is 1.96 bits per heavy atom. The number of fused-ring (bicyclic) bond motifs is 1. The number of nitrogens with zero attached hydrogens (tertiary/aromatic N) is 1. The first-order valence-corrected chi connectivity index (χ1v) is 8.28. The lowest BCUT2D eigenvalue weighted by Crippen LogP contribution is -2.45. The van der Waals surface area contributed by atoms with Crippen molar-refractivity contribution in [3.8, 4) is 0 Å². The van der Waals surface area contributed by atoms with E-state index in [9.17, 15) is 9.59 Å². The van der Waals surface area contributed by atoms with Crippen LogP contribution in [0.4, 0.5) is 4.79 Å². The van der Waals surface area contributed by atoms with Crippen molar-refractivity contribution in [2.24, 2.45) is 0 Å². The van der Waals surface area contributed by atoms with Crippen LogP contribution in [0.5, 0.6) is 0 Å². The molecule has 2 aromatic rings. The zero-order valence-electron chi connectivity index (χ0n) is 15.0. The zero-order valence-corrected chi connectivity index (χ0v) is 15.0. The van der Waals surface area contributed by atoms with E-state index in [4.69, 9.17) is 9.47 Å². The van der Waals surface area contributed by atoms with E-state index < -0.39 is 23.7 Å². The summed E-state index contributed by atoms with van der Waals surface area (Å²) in [5.74, 6) is -0.499. The van der Waals surface area contributed by atoms with Gasteiger partial charge in [0.1, 0.15) is 11.6 Å². The smallest absolute Gasteiger partial charge is 0.408 e. The summed E-state index contributed by atoms with van der Waals surface area (Å²) in [5, 5.41) is 3.56. The maximum atomic E-state index is 12.2. The Morgan fingerprint density at radius 3 is 2.64 bits per heavy atom. The number of alkyl carbamates (subject to hydrolysis) is 1. The number of hydrogen-bond donors (Lipinski definition) is 1. The van der Waals surface area contributed by atoms with E-state index in [0.717, 1.165) is 16.5 Å². The molecule has 0 aliphatic rings. The molecule has 0 saturated carbocycles. The lowest BCUT2D eigenvalue weighted by Gasteiger charge is -2.23. The molecule has 1 N–H and O–H groups in total. The van der Waals surface area contributed by atoms with Crippen LogP contribution >= 0.6 is 0 Å². The number of nitrogens with one attached hydrogen (secondary N) is 1. The number of ether oxygens (including phenoxy) is 2. The fourth-order valence-electron chi connectivity index (χ4n) is 2.35. The van der Waals surface area contributed by atoms with Crippen molar-refractivity contribution in [3.05, 3.63) is 42.1 Å². The third-order valence-corrected chi connectivity index (χ3v) is 3.35. The second-order valence-electron chi connectivity index (χ2n) is 6.69. The summed E-state index contributed by atoms with van der Waals surface area (Å²) in [7, 11) is 0. The van der Waals surface area contributed by atoms with Crippen LogP contribution in [0, 0.1) is 0 Å². The Morgan fingerprint density at radius 1 is 1.24 bits per heavy atom. The molecule has 0 spiro atoms. The van der Waals surface area contributed by atoms with Crippen molar-refractivity contribution in [3.63, 3.8) is 0 Å². The van der Waals surface area contributed by atoms with Gasteiger partial charge in [0.05, 0.1) is 12.1 Å². The molecule has 134 valence electrons. The normalized spacial score (nSPS) is 12.5. The van der Waals surface area contributed by atoms with E-state index in [2.05, 4.69) is 10.3 Å². The van der Waals surface area contributed by atoms with Crippen molar-refractivity contribution in [2.75, 3.05) is 6.61 Å². The third-order valence-electron chi connectivity index (χ3n) is 3.35. The summed E-state index contributed by atoms with van der Waals surface area (Å²) in [6.45, 7) is 7.25. The van der Waals surface area contributed by atoms with E-state index in [0.29, 0.717) is 0 Å². The maximum Gasteiger partial charge on any atom is 0.408 e. The first-order valence-electron chi connectivity index (χ1n) is 8.28. The lowest BCUT2D eigenvalue weighted by molar-refractivity contribution is -0.145. The minimum Gasteiger partial charge on any atom is -0.464 e. The summed E-state index contributed by atoms with van der Waals surface area (Å²) in [6, 6.07) is 8.83. The Hall–Kier alpha value is -2.63. The predicted octanol–water partition coefficient (Wildman–Crippen LogP) is 3.23. The van der Waals surface area contributed by atoms with Crippen LogP contribution in [-0.2, 0) is 20.7 Å². The third kappa shape index (κ3) is 5.74. The van der Waals surface area contributed by atoms with E-state index in [1.807, 2.05) is 30.3 Å². The number of hydrogen-bond acceptors (Lipinski definition) is 5. The molecule has 0 aliphatic carbocycles. The number of para-hydroxylation sites is 1. The molecule has 6 heteroatoms. The van der Waals surface area contributed by atoms with Crippen LogP contribution < -0.4 is 5.32 Å². The number of carbonyl (C=O) groups excluding carboxylic acids is 2. The standard InChI is InChI=1S/C19H24N2O4/c1-5-24-17(22)16(21-18(23)25-19(2,3)4)11-13-10-14-8-6-7-9-15(14)20-12-13/h6-10,12,16H,5,11H2,1-4H3,(H,21,23)/t16-/m0/s1. The second kappa shape index (κ2) is 7.96. The molecule has 0 radical (unpaired) electrons. The van der Waals surface area contributed by atoms with Crippen LogP contribution in [0.15, 0.2) is 36.5 Å². The highest BCUT2D eigenvalue weighted by atomic mass is 16.6. The highest BCUT2D eigenvalue weighted by Gasteiger charge is 2.25.